The van der Waals surface area contributed by atoms with Crippen LogP contribution in [0.3, 0.4) is 0 Å². The number of aryl methyl sites for hydroxylation is 1. The number of epoxide rings is 1. The maximum Gasteiger partial charge on any atom is 0.115 e. The molecule has 1 spiro atoms. The van der Waals surface area contributed by atoms with Crippen LogP contribution in [-0.2, 0) is 11.2 Å². The van der Waals surface area contributed by atoms with Crippen LogP contribution in [0.5, 0.6) is 5.75 Å². The molecule has 21 heavy (non-hydrogen) atoms. The van der Waals surface area contributed by atoms with Gasteiger partial charge in [0.2, 0.25) is 0 Å². The molecule has 1 aromatic carbocycles. The van der Waals surface area contributed by atoms with Crippen LogP contribution < -0.4 is 0 Å². The predicted octanol–water partition coefficient (Wildman–Crippen LogP) is 4.02. The van der Waals surface area contributed by atoms with Gasteiger partial charge >= 0.3 is 0 Å². The molecule has 2 heteroatoms. The van der Waals surface area contributed by atoms with Crippen LogP contribution in [0.1, 0.15) is 56.1 Å². The van der Waals surface area contributed by atoms with E-state index in [1.165, 1.54) is 43.2 Å². The fourth-order valence-corrected chi connectivity index (χ4v) is 6.22. The number of phenolic OH excluding ortho intramolecular Hbond substituents is 1. The van der Waals surface area contributed by atoms with E-state index < -0.39 is 0 Å². The third-order valence-electron chi connectivity index (χ3n) is 7.49. The zero-order chi connectivity index (χ0) is 14.2. The van der Waals surface area contributed by atoms with Gasteiger partial charge in [0.25, 0.3) is 0 Å². The second-order valence-corrected chi connectivity index (χ2v) is 8.08. The molecule has 4 aliphatic rings. The zero-order valence-electron chi connectivity index (χ0n) is 12.8. The van der Waals surface area contributed by atoms with E-state index in [2.05, 4.69) is 13.0 Å². The second kappa shape index (κ2) is 3.84. The van der Waals surface area contributed by atoms with E-state index in [1.807, 2.05) is 12.1 Å². The first-order valence-electron chi connectivity index (χ1n) is 8.59. The summed E-state index contributed by atoms with van der Waals surface area (Å²) in [5.74, 6) is 2.84. The lowest BCUT2D eigenvalue weighted by atomic mass is 9.54. The summed E-state index contributed by atoms with van der Waals surface area (Å²) in [6, 6.07) is 6.08. The number of phenols is 1. The van der Waals surface area contributed by atoms with Crippen LogP contribution in [0.2, 0.25) is 0 Å². The third-order valence-corrected chi connectivity index (χ3v) is 7.49. The summed E-state index contributed by atoms with van der Waals surface area (Å²) in [5.41, 5.74) is 3.62. The van der Waals surface area contributed by atoms with Crippen LogP contribution in [0.4, 0.5) is 0 Å². The fraction of sp³-hybridized carbons (Fsp3) is 0.684. The maximum atomic E-state index is 9.74. The van der Waals surface area contributed by atoms with Crippen molar-refractivity contribution in [1.82, 2.24) is 0 Å². The van der Waals surface area contributed by atoms with Gasteiger partial charge in [0.05, 0.1) is 12.2 Å². The highest BCUT2D eigenvalue weighted by atomic mass is 16.6. The van der Waals surface area contributed by atoms with E-state index in [1.54, 1.807) is 0 Å². The maximum absolute atomic E-state index is 9.74. The van der Waals surface area contributed by atoms with Gasteiger partial charge in [-0.2, -0.15) is 0 Å². The van der Waals surface area contributed by atoms with Gasteiger partial charge in [0.15, 0.2) is 0 Å². The monoisotopic (exact) mass is 284 g/mol. The van der Waals surface area contributed by atoms with E-state index in [9.17, 15) is 5.11 Å². The summed E-state index contributed by atoms with van der Waals surface area (Å²) in [6.07, 6.45) is 7.73. The molecule has 1 N–H and O–H groups in total. The minimum atomic E-state index is 0.262. The molecule has 1 aliphatic heterocycles. The normalized spacial score (nSPS) is 46.8. The van der Waals surface area contributed by atoms with Crippen LogP contribution >= 0.6 is 0 Å². The van der Waals surface area contributed by atoms with E-state index >= 15 is 0 Å². The topological polar surface area (TPSA) is 32.8 Å². The molecule has 2 nitrogen and oxygen atoms in total. The summed E-state index contributed by atoms with van der Waals surface area (Å²) in [6.45, 7) is 3.53. The Hall–Kier alpha value is -1.02. The van der Waals surface area contributed by atoms with Gasteiger partial charge in [-0.3, -0.25) is 0 Å². The van der Waals surface area contributed by atoms with Crippen molar-refractivity contribution in [2.45, 2.75) is 57.0 Å². The number of ether oxygens (including phenoxy) is 1. The number of hydrogen-bond donors (Lipinski definition) is 1. The van der Waals surface area contributed by atoms with Crippen molar-refractivity contribution in [2.24, 2.45) is 17.3 Å². The molecule has 1 saturated heterocycles. The molecule has 3 aliphatic carbocycles. The molecule has 1 heterocycles. The van der Waals surface area contributed by atoms with Crippen molar-refractivity contribution in [2.75, 3.05) is 6.61 Å². The quantitative estimate of drug-likeness (QED) is 0.730. The SMILES string of the molecule is C[C@]12CCC3c4ccc(O)cc4CCC3C1CC[C@@]21CO1. The number of benzene rings is 1. The van der Waals surface area contributed by atoms with E-state index in [0.717, 1.165) is 30.8 Å². The molecule has 2 saturated carbocycles. The fourth-order valence-electron chi connectivity index (χ4n) is 6.22. The van der Waals surface area contributed by atoms with Crippen molar-refractivity contribution >= 4 is 0 Å². The van der Waals surface area contributed by atoms with E-state index in [-0.39, 0.29) is 5.60 Å². The zero-order valence-corrected chi connectivity index (χ0v) is 12.8. The van der Waals surface area contributed by atoms with Gasteiger partial charge in [-0.25, -0.2) is 0 Å². The summed E-state index contributed by atoms with van der Waals surface area (Å²) in [7, 11) is 0. The van der Waals surface area contributed by atoms with E-state index in [4.69, 9.17) is 4.74 Å². The van der Waals surface area contributed by atoms with Crippen molar-refractivity contribution in [3.05, 3.63) is 29.3 Å². The number of hydrogen-bond acceptors (Lipinski definition) is 2. The largest absolute Gasteiger partial charge is 0.508 e. The predicted molar refractivity (Wildman–Crippen MR) is 81.4 cm³/mol. The Balaban J connectivity index is 1.54. The Morgan fingerprint density at radius 1 is 1.19 bits per heavy atom. The molecule has 3 fully saturated rings. The molecule has 0 amide bonds. The smallest absolute Gasteiger partial charge is 0.115 e. The van der Waals surface area contributed by atoms with Crippen molar-refractivity contribution in [3.8, 4) is 5.75 Å². The highest BCUT2D eigenvalue weighted by Gasteiger charge is 2.68. The van der Waals surface area contributed by atoms with Crippen LogP contribution in [0.25, 0.3) is 0 Å². The summed E-state index contributed by atoms with van der Waals surface area (Å²) < 4.78 is 5.96. The summed E-state index contributed by atoms with van der Waals surface area (Å²) in [5, 5.41) is 9.74. The summed E-state index contributed by atoms with van der Waals surface area (Å²) >= 11 is 0. The standard InChI is InChI=1S/C19H24O2/c1-18-8-6-15-14-5-3-13(20)10-12(14)2-4-16(15)17(18)7-9-19(18)11-21-19/h3,5,10,15-17,20H,2,4,6-9,11H2,1H3/t15?,16?,17?,18-,19+/m0/s1. The van der Waals surface area contributed by atoms with Gasteiger partial charge in [0, 0.05) is 5.41 Å². The second-order valence-electron chi connectivity index (χ2n) is 8.08. The summed E-state index contributed by atoms with van der Waals surface area (Å²) in [4.78, 5) is 0. The Labute approximate surface area is 126 Å². The molecule has 112 valence electrons. The number of aromatic hydroxyl groups is 1. The first-order chi connectivity index (χ1) is 10.1. The van der Waals surface area contributed by atoms with E-state index in [0.29, 0.717) is 11.2 Å². The van der Waals surface area contributed by atoms with Crippen LogP contribution in [0, 0.1) is 17.3 Å². The van der Waals surface area contributed by atoms with Crippen LogP contribution in [0.15, 0.2) is 18.2 Å². The number of rotatable bonds is 0. The Kier molecular flexibility index (Phi) is 2.29. The first kappa shape index (κ1) is 12.5. The van der Waals surface area contributed by atoms with Crippen LogP contribution in [-0.4, -0.2) is 17.3 Å². The van der Waals surface area contributed by atoms with Crippen molar-refractivity contribution in [3.63, 3.8) is 0 Å². The third kappa shape index (κ3) is 1.47. The molecule has 5 rings (SSSR count). The average Bonchev–Trinajstić information content (AvgIpc) is 3.20. The lowest BCUT2D eigenvalue weighted by molar-refractivity contribution is 0.0121. The molecule has 5 atom stereocenters. The molecule has 3 unspecified atom stereocenters. The minimum Gasteiger partial charge on any atom is -0.508 e. The molecular formula is C19H24O2. The molecule has 0 radical (unpaired) electrons. The van der Waals surface area contributed by atoms with Gasteiger partial charge < -0.3 is 9.84 Å². The molecule has 1 aromatic rings. The van der Waals surface area contributed by atoms with Gasteiger partial charge in [0.1, 0.15) is 5.75 Å². The highest BCUT2D eigenvalue weighted by Crippen LogP contribution is 2.68. The Bertz CT molecular complexity index is 604. The number of fused-ring (bicyclic) bond motifs is 6. The lowest BCUT2D eigenvalue weighted by Crippen LogP contribution is -2.45. The molecule has 0 aromatic heterocycles. The van der Waals surface area contributed by atoms with Gasteiger partial charge in [-0.1, -0.05) is 13.0 Å². The van der Waals surface area contributed by atoms with Crippen molar-refractivity contribution in [1.29, 1.82) is 0 Å². The lowest BCUT2D eigenvalue weighted by Gasteiger charge is -2.50. The molecule has 0 bridgehead atoms. The Morgan fingerprint density at radius 3 is 2.86 bits per heavy atom. The van der Waals surface area contributed by atoms with Crippen molar-refractivity contribution < 1.29 is 9.84 Å². The highest BCUT2D eigenvalue weighted by molar-refractivity contribution is 5.40. The van der Waals surface area contributed by atoms with Gasteiger partial charge in [-0.15, -0.1) is 0 Å². The Morgan fingerprint density at radius 2 is 2.05 bits per heavy atom. The molecular weight excluding hydrogens is 260 g/mol. The first-order valence-corrected chi connectivity index (χ1v) is 8.59. The van der Waals surface area contributed by atoms with Gasteiger partial charge in [-0.05, 0) is 79.5 Å². The average molecular weight is 284 g/mol. The minimum absolute atomic E-state index is 0.262.